The van der Waals surface area contributed by atoms with Crippen molar-refractivity contribution in [2.45, 2.75) is 25.8 Å². The van der Waals surface area contributed by atoms with Gasteiger partial charge in [-0.2, -0.15) is 10.1 Å². The lowest BCUT2D eigenvalue weighted by Gasteiger charge is -2.30. The zero-order chi connectivity index (χ0) is 20.5. The Balaban J connectivity index is 1.72. The van der Waals surface area contributed by atoms with Crippen LogP contribution in [-0.2, 0) is 17.1 Å². The van der Waals surface area contributed by atoms with Crippen LogP contribution in [0.4, 0.5) is 17.5 Å². The average molecular weight is 472 g/mol. The van der Waals surface area contributed by atoms with Gasteiger partial charge in [0.15, 0.2) is 5.78 Å². The van der Waals surface area contributed by atoms with E-state index in [1.54, 1.807) is 19.4 Å². The molecule has 0 atom stereocenters. The normalized spacial score (nSPS) is 16.1. The minimum atomic E-state index is -3.16. The van der Waals surface area contributed by atoms with Gasteiger partial charge < -0.3 is 10.6 Å². The van der Waals surface area contributed by atoms with E-state index in [0.717, 1.165) is 0 Å². The Bertz CT molecular complexity index is 984. The summed E-state index contributed by atoms with van der Waals surface area (Å²) in [5.41, 5.74) is 1.01. The van der Waals surface area contributed by atoms with Crippen LogP contribution in [0.3, 0.4) is 0 Å². The molecular formula is C16H22BrN7O3S. The number of halogens is 1. The lowest BCUT2D eigenvalue weighted by atomic mass is 10.1. The second-order valence-electron chi connectivity index (χ2n) is 6.68. The van der Waals surface area contributed by atoms with Crippen molar-refractivity contribution in [3.63, 3.8) is 0 Å². The van der Waals surface area contributed by atoms with E-state index in [1.807, 2.05) is 0 Å². The Hall–Kier alpha value is -2.05. The van der Waals surface area contributed by atoms with E-state index >= 15 is 0 Å². The van der Waals surface area contributed by atoms with Crippen LogP contribution in [0.1, 0.15) is 30.3 Å². The minimum absolute atomic E-state index is 0.0817. The summed E-state index contributed by atoms with van der Waals surface area (Å²) >= 11 is 3.41. The molecule has 0 amide bonds. The maximum atomic E-state index is 11.8. The summed E-state index contributed by atoms with van der Waals surface area (Å²) in [6.45, 7) is 2.42. The summed E-state index contributed by atoms with van der Waals surface area (Å²) in [4.78, 5) is 20.6. The van der Waals surface area contributed by atoms with Crippen molar-refractivity contribution in [3.05, 3.63) is 22.6 Å². The van der Waals surface area contributed by atoms with Crippen molar-refractivity contribution >= 4 is 49.2 Å². The van der Waals surface area contributed by atoms with Crippen molar-refractivity contribution < 1.29 is 13.2 Å². The van der Waals surface area contributed by atoms with Gasteiger partial charge in [-0.3, -0.25) is 9.48 Å². The van der Waals surface area contributed by atoms with Crippen LogP contribution in [0.5, 0.6) is 0 Å². The fraction of sp³-hybridized carbons (Fsp3) is 0.500. The lowest BCUT2D eigenvalue weighted by molar-refractivity contribution is 0.100. The number of carbonyl (C=O) groups is 1. The molecule has 0 aliphatic carbocycles. The molecule has 0 bridgehead atoms. The number of nitrogens with zero attached hydrogens (tertiary/aromatic N) is 5. The predicted molar refractivity (Wildman–Crippen MR) is 109 cm³/mol. The van der Waals surface area contributed by atoms with Gasteiger partial charge in [-0.1, -0.05) is 0 Å². The lowest BCUT2D eigenvalue weighted by Crippen LogP contribution is -2.42. The van der Waals surface area contributed by atoms with Crippen LogP contribution in [0.15, 0.2) is 16.9 Å². The highest BCUT2D eigenvalue weighted by Crippen LogP contribution is 2.27. The van der Waals surface area contributed by atoms with Crippen molar-refractivity contribution in [1.29, 1.82) is 0 Å². The zero-order valence-corrected chi connectivity index (χ0v) is 18.2. The summed E-state index contributed by atoms with van der Waals surface area (Å²) in [6.07, 6.45) is 5.76. The number of carbonyl (C=O) groups excluding carboxylic acids is 1. The van der Waals surface area contributed by atoms with Crippen molar-refractivity contribution in [3.8, 4) is 0 Å². The summed E-state index contributed by atoms with van der Waals surface area (Å²) in [5, 5.41) is 10.5. The molecule has 152 valence electrons. The van der Waals surface area contributed by atoms with Crippen LogP contribution < -0.4 is 10.6 Å². The first-order valence-corrected chi connectivity index (χ1v) is 11.3. The molecule has 2 N–H and O–H groups in total. The van der Waals surface area contributed by atoms with Gasteiger partial charge in [-0.15, -0.1) is 0 Å². The zero-order valence-electron chi connectivity index (χ0n) is 15.8. The van der Waals surface area contributed by atoms with Crippen LogP contribution in [0.25, 0.3) is 0 Å². The summed E-state index contributed by atoms with van der Waals surface area (Å²) in [5.74, 6) is 0.821. The maximum absolute atomic E-state index is 11.8. The minimum Gasteiger partial charge on any atom is -0.351 e. The highest BCUT2D eigenvalue weighted by Gasteiger charge is 2.25. The molecule has 0 saturated carbocycles. The number of ketones is 1. The molecule has 0 unspecified atom stereocenters. The van der Waals surface area contributed by atoms with E-state index in [-0.39, 0.29) is 11.8 Å². The first kappa shape index (κ1) is 20.7. The number of hydrogen-bond donors (Lipinski definition) is 2. The highest BCUT2D eigenvalue weighted by atomic mass is 79.9. The maximum Gasteiger partial charge on any atom is 0.224 e. The average Bonchev–Trinajstić information content (AvgIpc) is 2.98. The Morgan fingerprint density at radius 2 is 1.96 bits per heavy atom. The fourth-order valence-corrected chi connectivity index (χ4v) is 4.28. The first-order valence-electron chi connectivity index (χ1n) is 8.69. The van der Waals surface area contributed by atoms with Crippen molar-refractivity contribution in [1.82, 2.24) is 24.1 Å². The van der Waals surface area contributed by atoms with Gasteiger partial charge in [0.2, 0.25) is 16.0 Å². The van der Waals surface area contributed by atoms with E-state index in [2.05, 4.69) is 41.6 Å². The summed E-state index contributed by atoms with van der Waals surface area (Å²) < 4.78 is 26.9. The summed E-state index contributed by atoms with van der Waals surface area (Å²) in [6, 6.07) is 0.0817. The number of piperidine rings is 1. The van der Waals surface area contributed by atoms with Gasteiger partial charge >= 0.3 is 0 Å². The standard InChI is InChI=1S/C16H22BrN7O3S/c1-10(25)14-13(9-19-23(14)2)21-15-12(17)8-18-16(22-15)20-11-4-6-24(7-5-11)28(3,26)27/h8-9,11H,4-7H2,1-3H3,(H2,18,20,21,22). The van der Waals surface area contributed by atoms with E-state index < -0.39 is 10.0 Å². The molecule has 3 heterocycles. The third-order valence-corrected chi connectivity index (χ3v) is 6.41. The molecule has 1 aliphatic rings. The van der Waals surface area contributed by atoms with Crippen LogP contribution >= 0.6 is 15.9 Å². The Morgan fingerprint density at radius 1 is 1.29 bits per heavy atom. The van der Waals surface area contributed by atoms with Crippen LogP contribution in [-0.4, -0.2) is 63.6 Å². The molecule has 12 heteroatoms. The van der Waals surface area contributed by atoms with E-state index in [1.165, 1.54) is 22.2 Å². The largest absolute Gasteiger partial charge is 0.351 e. The molecule has 1 saturated heterocycles. The molecule has 1 aliphatic heterocycles. The quantitative estimate of drug-likeness (QED) is 0.610. The fourth-order valence-electron chi connectivity index (χ4n) is 3.11. The van der Waals surface area contributed by atoms with Gasteiger partial charge in [-0.25, -0.2) is 17.7 Å². The Kier molecular flexibility index (Phi) is 6.01. The van der Waals surface area contributed by atoms with Gasteiger partial charge in [-0.05, 0) is 28.8 Å². The Morgan fingerprint density at radius 3 is 2.57 bits per heavy atom. The number of nitrogens with one attached hydrogen (secondary N) is 2. The van der Waals surface area contributed by atoms with Crippen LogP contribution in [0, 0.1) is 0 Å². The van der Waals surface area contributed by atoms with E-state index in [0.29, 0.717) is 53.6 Å². The third-order valence-electron chi connectivity index (χ3n) is 4.53. The number of anilines is 3. The van der Waals surface area contributed by atoms with E-state index in [9.17, 15) is 13.2 Å². The molecular weight excluding hydrogens is 450 g/mol. The molecule has 10 nitrogen and oxygen atoms in total. The van der Waals surface area contributed by atoms with E-state index in [4.69, 9.17) is 0 Å². The Labute approximate surface area is 171 Å². The van der Waals surface area contributed by atoms with Gasteiger partial charge in [0.25, 0.3) is 0 Å². The number of aryl methyl sites for hydroxylation is 1. The molecule has 3 rings (SSSR count). The van der Waals surface area contributed by atoms with Gasteiger partial charge in [0.05, 0.1) is 22.6 Å². The second-order valence-corrected chi connectivity index (χ2v) is 9.52. The highest BCUT2D eigenvalue weighted by molar-refractivity contribution is 9.10. The third kappa shape index (κ3) is 4.67. The smallest absolute Gasteiger partial charge is 0.224 e. The molecule has 2 aromatic rings. The van der Waals surface area contributed by atoms with Crippen molar-refractivity contribution in [2.75, 3.05) is 30.0 Å². The van der Waals surface area contributed by atoms with Gasteiger partial charge in [0.1, 0.15) is 11.5 Å². The predicted octanol–water partition coefficient (Wildman–Crippen LogP) is 1.75. The SMILES string of the molecule is CC(=O)c1c(Nc2nc(NC3CCN(S(C)(=O)=O)CC3)ncc2Br)cnn1C. The molecule has 0 aromatic carbocycles. The molecule has 28 heavy (non-hydrogen) atoms. The topological polar surface area (TPSA) is 122 Å². The number of Topliss-reactive ketones (excluding diaryl/α,β-unsaturated/α-hetero) is 1. The molecule has 0 spiro atoms. The number of rotatable bonds is 6. The molecule has 2 aromatic heterocycles. The monoisotopic (exact) mass is 471 g/mol. The second kappa shape index (κ2) is 8.13. The molecule has 1 fully saturated rings. The first-order chi connectivity index (χ1) is 13.1. The van der Waals surface area contributed by atoms with Crippen molar-refractivity contribution in [2.24, 2.45) is 7.05 Å². The molecule has 0 radical (unpaired) electrons. The van der Waals surface area contributed by atoms with Crippen LogP contribution in [0.2, 0.25) is 0 Å². The number of hydrogen-bond acceptors (Lipinski definition) is 8. The van der Waals surface area contributed by atoms with Gasteiger partial charge in [0, 0.05) is 39.3 Å². The summed E-state index contributed by atoms with van der Waals surface area (Å²) in [7, 11) is -1.45. The number of sulfonamides is 1. The number of aromatic nitrogens is 4.